The van der Waals surface area contributed by atoms with Gasteiger partial charge in [0.1, 0.15) is 5.75 Å². The van der Waals surface area contributed by atoms with Crippen LogP contribution in [-0.4, -0.2) is 42.9 Å². The van der Waals surface area contributed by atoms with Gasteiger partial charge in [-0.2, -0.15) is 0 Å². The van der Waals surface area contributed by atoms with Crippen molar-refractivity contribution in [3.63, 3.8) is 0 Å². The summed E-state index contributed by atoms with van der Waals surface area (Å²) in [5, 5.41) is 1.38. The Hall–Kier alpha value is -2.08. The molecule has 21 heavy (non-hydrogen) atoms. The zero-order chi connectivity index (χ0) is 15.4. The SMILES string of the molecule is CCOC(=O)C1N=C(c2ccc(OC(C)C)cc2)ON1C. The molecule has 0 spiro atoms. The van der Waals surface area contributed by atoms with E-state index in [1.807, 2.05) is 38.1 Å². The van der Waals surface area contributed by atoms with Gasteiger partial charge >= 0.3 is 5.97 Å². The van der Waals surface area contributed by atoms with E-state index in [1.54, 1.807) is 14.0 Å². The molecule has 1 atom stereocenters. The van der Waals surface area contributed by atoms with E-state index in [1.165, 1.54) is 5.06 Å². The topological polar surface area (TPSA) is 60.4 Å². The Morgan fingerprint density at radius 2 is 2.05 bits per heavy atom. The zero-order valence-corrected chi connectivity index (χ0v) is 12.7. The second-order valence-corrected chi connectivity index (χ2v) is 4.89. The molecular formula is C15H20N2O4. The number of hydrogen-bond donors (Lipinski definition) is 0. The molecule has 2 rings (SSSR count). The van der Waals surface area contributed by atoms with Crippen molar-refractivity contribution in [3.05, 3.63) is 29.8 Å². The first-order valence-electron chi connectivity index (χ1n) is 6.93. The third-order valence-corrected chi connectivity index (χ3v) is 2.78. The lowest BCUT2D eigenvalue weighted by molar-refractivity contribution is -0.158. The lowest BCUT2D eigenvalue weighted by Gasteiger charge is -2.14. The van der Waals surface area contributed by atoms with Crippen molar-refractivity contribution in [1.82, 2.24) is 5.06 Å². The van der Waals surface area contributed by atoms with Gasteiger partial charge in [0.25, 0.3) is 0 Å². The van der Waals surface area contributed by atoms with E-state index < -0.39 is 12.1 Å². The van der Waals surface area contributed by atoms with Crippen LogP contribution >= 0.6 is 0 Å². The van der Waals surface area contributed by atoms with Gasteiger partial charge in [0, 0.05) is 12.6 Å². The molecular weight excluding hydrogens is 272 g/mol. The summed E-state index contributed by atoms with van der Waals surface area (Å²) >= 11 is 0. The highest BCUT2D eigenvalue weighted by atomic mass is 16.7. The molecule has 1 unspecified atom stereocenters. The molecule has 6 heteroatoms. The summed E-state index contributed by atoms with van der Waals surface area (Å²) in [7, 11) is 1.65. The molecule has 1 aliphatic heterocycles. The highest BCUT2D eigenvalue weighted by Crippen LogP contribution is 2.19. The van der Waals surface area contributed by atoms with Crippen molar-refractivity contribution < 1.29 is 19.1 Å². The number of benzene rings is 1. The van der Waals surface area contributed by atoms with Crippen LogP contribution < -0.4 is 4.74 Å². The Balaban J connectivity index is 2.11. The van der Waals surface area contributed by atoms with E-state index in [0.29, 0.717) is 12.5 Å². The minimum atomic E-state index is -0.758. The number of likely N-dealkylation sites (N-methyl/N-ethyl adjacent to an activating group) is 1. The van der Waals surface area contributed by atoms with Crippen molar-refractivity contribution in [2.75, 3.05) is 13.7 Å². The first-order valence-corrected chi connectivity index (χ1v) is 6.93. The molecule has 0 radical (unpaired) electrons. The Kier molecular flexibility index (Phi) is 4.80. The molecule has 0 aromatic heterocycles. The van der Waals surface area contributed by atoms with Gasteiger partial charge in [0.05, 0.1) is 12.7 Å². The molecule has 1 heterocycles. The minimum Gasteiger partial charge on any atom is -0.491 e. The van der Waals surface area contributed by atoms with Crippen LogP contribution in [0.1, 0.15) is 26.3 Å². The first kappa shape index (κ1) is 15.3. The molecule has 1 aliphatic rings. The first-order chi connectivity index (χ1) is 10.0. The fraction of sp³-hybridized carbons (Fsp3) is 0.467. The summed E-state index contributed by atoms with van der Waals surface area (Å²) in [6, 6.07) is 7.38. The number of esters is 1. The predicted molar refractivity (Wildman–Crippen MR) is 78.0 cm³/mol. The van der Waals surface area contributed by atoms with Gasteiger partial charge in [0.15, 0.2) is 0 Å². The van der Waals surface area contributed by atoms with Crippen LogP contribution in [0, 0.1) is 0 Å². The largest absolute Gasteiger partial charge is 0.491 e. The number of aliphatic imine (C=N–C) groups is 1. The monoisotopic (exact) mass is 292 g/mol. The van der Waals surface area contributed by atoms with Crippen molar-refractivity contribution in [3.8, 4) is 5.75 Å². The standard InChI is InChI=1S/C15H20N2O4/c1-5-19-15(18)13-16-14(21-17(13)4)11-6-8-12(9-7-11)20-10(2)3/h6-10,13H,5H2,1-4H3. The van der Waals surface area contributed by atoms with E-state index >= 15 is 0 Å². The van der Waals surface area contributed by atoms with Crippen LogP contribution in [0.4, 0.5) is 0 Å². The van der Waals surface area contributed by atoms with Crippen LogP contribution in [0.5, 0.6) is 5.75 Å². The zero-order valence-electron chi connectivity index (χ0n) is 12.7. The number of nitrogens with zero attached hydrogens (tertiary/aromatic N) is 2. The minimum absolute atomic E-state index is 0.121. The maximum atomic E-state index is 11.7. The van der Waals surface area contributed by atoms with E-state index in [0.717, 1.165) is 11.3 Å². The van der Waals surface area contributed by atoms with Crippen LogP contribution in [0.25, 0.3) is 0 Å². The van der Waals surface area contributed by atoms with Gasteiger partial charge in [-0.15, -0.1) is 5.06 Å². The van der Waals surface area contributed by atoms with Crippen LogP contribution in [0.15, 0.2) is 29.3 Å². The van der Waals surface area contributed by atoms with Crippen molar-refractivity contribution >= 4 is 11.9 Å². The van der Waals surface area contributed by atoms with E-state index in [-0.39, 0.29) is 6.10 Å². The van der Waals surface area contributed by atoms with Crippen LogP contribution in [0.3, 0.4) is 0 Å². The fourth-order valence-electron chi connectivity index (χ4n) is 1.90. The van der Waals surface area contributed by atoms with Crippen LogP contribution in [0.2, 0.25) is 0 Å². The average Bonchev–Trinajstić information content (AvgIpc) is 2.81. The van der Waals surface area contributed by atoms with Crippen molar-refractivity contribution in [2.24, 2.45) is 4.99 Å². The van der Waals surface area contributed by atoms with Gasteiger partial charge in [-0.05, 0) is 45.0 Å². The third kappa shape index (κ3) is 3.72. The molecule has 1 aromatic carbocycles. The molecule has 0 bridgehead atoms. The Morgan fingerprint density at radius 1 is 1.38 bits per heavy atom. The van der Waals surface area contributed by atoms with Gasteiger partial charge in [0.2, 0.25) is 12.1 Å². The third-order valence-electron chi connectivity index (χ3n) is 2.78. The molecule has 0 N–H and O–H groups in total. The normalized spacial score (nSPS) is 18.3. The maximum absolute atomic E-state index is 11.7. The predicted octanol–water partition coefficient (Wildman–Crippen LogP) is 1.99. The Morgan fingerprint density at radius 3 is 2.62 bits per heavy atom. The summed E-state index contributed by atoms with van der Waals surface area (Å²) < 4.78 is 10.5. The summed E-state index contributed by atoms with van der Waals surface area (Å²) in [4.78, 5) is 21.5. The lowest BCUT2D eigenvalue weighted by atomic mass is 10.2. The molecule has 0 fully saturated rings. The van der Waals surface area contributed by atoms with Gasteiger partial charge in [-0.1, -0.05) is 0 Å². The number of rotatable bonds is 5. The molecule has 0 aliphatic carbocycles. The molecule has 1 aromatic rings. The Bertz CT molecular complexity index is 525. The second-order valence-electron chi connectivity index (χ2n) is 4.89. The van der Waals surface area contributed by atoms with Gasteiger partial charge < -0.3 is 14.3 Å². The quantitative estimate of drug-likeness (QED) is 0.777. The Labute approximate surface area is 124 Å². The highest BCUT2D eigenvalue weighted by Gasteiger charge is 2.33. The van der Waals surface area contributed by atoms with E-state index in [4.69, 9.17) is 14.3 Å². The van der Waals surface area contributed by atoms with Gasteiger partial charge in [-0.25, -0.2) is 9.79 Å². The molecule has 0 saturated heterocycles. The summed E-state index contributed by atoms with van der Waals surface area (Å²) in [6.45, 7) is 6.01. The lowest BCUT2D eigenvalue weighted by Crippen LogP contribution is -2.33. The molecule has 0 amide bonds. The average molecular weight is 292 g/mol. The van der Waals surface area contributed by atoms with Gasteiger partial charge in [-0.3, -0.25) is 0 Å². The number of carbonyl (C=O) groups is 1. The maximum Gasteiger partial charge on any atom is 0.349 e. The second kappa shape index (κ2) is 6.58. The van der Waals surface area contributed by atoms with Crippen molar-refractivity contribution in [2.45, 2.75) is 33.0 Å². The number of hydroxylamine groups is 2. The highest BCUT2D eigenvalue weighted by molar-refractivity contribution is 5.97. The summed E-state index contributed by atoms with van der Waals surface area (Å²) in [5.41, 5.74) is 0.782. The molecule has 0 saturated carbocycles. The molecule has 6 nitrogen and oxygen atoms in total. The smallest absolute Gasteiger partial charge is 0.349 e. The van der Waals surface area contributed by atoms with Crippen molar-refractivity contribution in [1.29, 1.82) is 0 Å². The number of ether oxygens (including phenoxy) is 2. The van der Waals surface area contributed by atoms with Crippen LogP contribution in [-0.2, 0) is 14.4 Å². The molecule has 114 valence electrons. The van der Waals surface area contributed by atoms with E-state index in [2.05, 4.69) is 4.99 Å². The summed E-state index contributed by atoms with van der Waals surface area (Å²) in [5.74, 6) is 0.754. The summed E-state index contributed by atoms with van der Waals surface area (Å²) in [6.07, 6.45) is -0.637. The number of carbonyl (C=O) groups excluding carboxylic acids is 1. The fourth-order valence-corrected chi connectivity index (χ4v) is 1.90. The van der Waals surface area contributed by atoms with E-state index in [9.17, 15) is 4.79 Å². The number of hydrogen-bond acceptors (Lipinski definition) is 6.